The van der Waals surface area contributed by atoms with Gasteiger partial charge in [0.1, 0.15) is 18.8 Å². The van der Waals surface area contributed by atoms with E-state index < -0.39 is 18.3 Å². The molecule has 0 fully saturated rings. The lowest BCUT2D eigenvalue weighted by atomic mass is 10.2. The van der Waals surface area contributed by atoms with Crippen molar-refractivity contribution in [1.29, 1.82) is 0 Å². The number of rotatable bonds is 8. The minimum atomic E-state index is -1.13. The number of carboxylic acid groups (broad SMARTS) is 1. The molecule has 1 aromatic carbocycles. The fourth-order valence-electron chi connectivity index (χ4n) is 1.45. The van der Waals surface area contributed by atoms with Gasteiger partial charge in [-0.05, 0) is 31.8 Å². The molecule has 0 atom stereocenters. The van der Waals surface area contributed by atoms with Crippen LogP contribution in [0, 0.1) is 0 Å². The van der Waals surface area contributed by atoms with E-state index in [0.29, 0.717) is 13.2 Å². The monoisotopic (exact) mass is 280 g/mol. The highest BCUT2D eigenvalue weighted by atomic mass is 16.5. The summed E-state index contributed by atoms with van der Waals surface area (Å²) < 4.78 is 5.54. The lowest BCUT2D eigenvalue weighted by Gasteiger charge is -2.11. The molecule has 1 rings (SSSR count). The van der Waals surface area contributed by atoms with E-state index in [9.17, 15) is 9.59 Å². The summed E-state index contributed by atoms with van der Waals surface area (Å²) in [5, 5.41) is 11.0. The molecule has 0 heterocycles. The highest BCUT2D eigenvalue weighted by Gasteiger charge is 2.06. The Hall–Kier alpha value is -2.08. The van der Waals surface area contributed by atoms with Crippen LogP contribution in [-0.2, 0) is 16.1 Å². The molecular weight excluding hydrogens is 260 g/mol. The number of carbonyl (C=O) groups excluding carboxylic acids is 1. The van der Waals surface area contributed by atoms with Gasteiger partial charge in [-0.1, -0.05) is 12.1 Å². The number of aliphatic carboxylic acids is 1. The van der Waals surface area contributed by atoms with E-state index in [4.69, 9.17) is 9.84 Å². The molecule has 0 aromatic heterocycles. The fraction of sp³-hybridized carbons (Fsp3) is 0.429. The molecule has 0 aliphatic heterocycles. The molecule has 2 N–H and O–H groups in total. The van der Waals surface area contributed by atoms with Gasteiger partial charge in [0.15, 0.2) is 0 Å². The number of hydrogen-bond acceptors (Lipinski definition) is 4. The van der Waals surface area contributed by atoms with Crippen LogP contribution in [0.25, 0.3) is 0 Å². The smallest absolute Gasteiger partial charge is 0.312 e. The number of nitrogens with zero attached hydrogens (tertiary/aromatic N) is 1. The van der Waals surface area contributed by atoms with Gasteiger partial charge in [0, 0.05) is 13.1 Å². The van der Waals surface area contributed by atoms with Crippen molar-refractivity contribution >= 4 is 11.9 Å². The summed E-state index contributed by atoms with van der Waals surface area (Å²) in [6.45, 7) is 1.76. The van der Waals surface area contributed by atoms with Crippen LogP contribution >= 0.6 is 0 Å². The first-order valence-corrected chi connectivity index (χ1v) is 6.32. The van der Waals surface area contributed by atoms with Crippen LogP contribution in [0.15, 0.2) is 24.3 Å². The number of carbonyl (C=O) groups is 2. The zero-order valence-electron chi connectivity index (χ0n) is 11.8. The molecule has 6 nitrogen and oxygen atoms in total. The fourth-order valence-corrected chi connectivity index (χ4v) is 1.45. The topological polar surface area (TPSA) is 78.9 Å². The van der Waals surface area contributed by atoms with E-state index >= 15 is 0 Å². The van der Waals surface area contributed by atoms with Crippen LogP contribution in [0.2, 0.25) is 0 Å². The quantitative estimate of drug-likeness (QED) is 0.686. The lowest BCUT2D eigenvalue weighted by molar-refractivity contribution is -0.140. The highest BCUT2D eigenvalue weighted by Crippen LogP contribution is 2.12. The Morgan fingerprint density at radius 1 is 1.25 bits per heavy atom. The third kappa shape index (κ3) is 6.75. The largest absolute Gasteiger partial charge is 0.492 e. The van der Waals surface area contributed by atoms with Crippen molar-refractivity contribution in [1.82, 2.24) is 10.2 Å². The van der Waals surface area contributed by atoms with Gasteiger partial charge in [-0.2, -0.15) is 0 Å². The predicted octanol–water partition coefficient (Wildman–Crippen LogP) is 0.718. The molecule has 0 spiro atoms. The van der Waals surface area contributed by atoms with Crippen molar-refractivity contribution in [3.05, 3.63) is 29.8 Å². The van der Waals surface area contributed by atoms with Crippen LogP contribution in [0.5, 0.6) is 5.75 Å². The molecule has 0 unspecified atom stereocenters. The Balaban J connectivity index is 2.35. The number of benzene rings is 1. The van der Waals surface area contributed by atoms with E-state index in [1.54, 1.807) is 0 Å². The van der Waals surface area contributed by atoms with Crippen molar-refractivity contribution < 1.29 is 19.4 Å². The van der Waals surface area contributed by atoms with Gasteiger partial charge in [0.2, 0.25) is 5.91 Å². The van der Waals surface area contributed by atoms with Crippen molar-refractivity contribution in [3.8, 4) is 5.75 Å². The molecule has 6 heteroatoms. The van der Waals surface area contributed by atoms with Crippen LogP contribution in [0.1, 0.15) is 12.0 Å². The van der Waals surface area contributed by atoms with Gasteiger partial charge in [-0.25, -0.2) is 0 Å². The van der Waals surface area contributed by atoms with Crippen LogP contribution < -0.4 is 10.1 Å². The van der Waals surface area contributed by atoms with Crippen LogP contribution in [0.4, 0.5) is 0 Å². The third-order valence-corrected chi connectivity index (χ3v) is 2.53. The maximum absolute atomic E-state index is 11.2. The number of amides is 1. The van der Waals surface area contributed by atoms with E-state index in [1.165, 1.54) is 0 Å². The van der Waals surface area contributed by atoms with Gasteiger partial charge in [-0.3, -0.25) is 9.59 Å². The SMILES string of the molecule is CN(C)CCOc1ccc(CNC(=O)CC(=O)O)cc1. The van der Waals surface area contributed by atoms with Gasteiger partial charge in [-0.15, -0.1) is 0 Å². The Morgan fingerprint density at radius 2 is 1.90 bits per heavy atom. The number of hydrogen-bond donors (Lipinski definition) is 2. The second-order valence-corrected chi connectivity index (χ2v) is 4.64. The first kappa shape index (κ1) is 16.0. The van der Waals surface area contributed by atoms with Crippen LogP contribution in [-0.4, -0.2) is 49.1 Å². The van der Waals surface area contributed by atoms with E-state index in [-0.39, 0.29) is 0 Å². The van der Waals surface area contributed by atoms with Crippen LogP contribution in [0.3, 0.4) is 0 Å². The first-order chi connectivity index (χ1) is 9.47. The molecule has 0 aliphatic carbocycles. The van der Waals surface area contributed by atoms with Gasteiger partial charge in [0.05, 0.1) is 0 Å². The number of nitrogens with one attached hydrogen (secondary N) is 1. The minimum absolute atomic E-state index is 0.310. The number of ether oxygens (including phenoxy) is 1. The van der Waals surface area contributed by atoms with Crippen molar-refractivity contribution in [2.75, 3.05) is 27.2 Å². The molecule has 110 valence electrons. The summed E-state index contributed by atoms with van der Waals surface area (Å²) in [6, 6.07) is 7.33. The van der Waals surface area contributed by atoms with E-state index in [1.807, 2.05) is 43.3 Å². The zero-order valence-corrected chi connectivity index (χ0v) is 11.8. The summed E-state index contributed by atoms with van der Waals surface area (Å²) in [7, 11) is 3.96. The average molecular weight is 280 g/mol. The van der Waals surface area contributed by atoms with Gasteiger partial charge >= 0.3 is 5.97 Å². The molecule has 0 bridgehead atoms. The third-order valence-electron chi connectivity index (χ3n) is 2.53. The summed E-state index contributed by atoms with van der Waals surface area (Å²) >= 11 is 0. The highest BCUT2D eigenvalue weighted by molar-refractivity contribution is 5.93. The Kier molecular flexibility index (Phi) is 6.52. The second kappa shape index (κ2) is 8.16. The summed E-state index contributed by atoms with van der Waals surface area (Å²) in [4.78, 5) is 23.5. The zero-order chi connectivity index (χ0) is 15.0. The number of carboxylic acids is 1. The Labute approximate surface area is 118 Å². The standard InChI is InChI=1S/C14H20N2O4/c1-16(2)7-8-20-12-5-3-11(4-6-12)10-15-13(17)9-14(18)19/h3-6H,7-10H2,1-2H3,(H,15,17)(H,18,19). The normalized spacial score (nSPS) is 10.3. The molecule has 0 saturated carbocycles. The van der Waals surface area contributed by atoms with Crippen molar-refractivity contribution in [2.24, 2.45) is 0 Å². The maximum atomic E-state index is 11.2. The number of likely N-dealkylation sites (N-methyl/N-ethyl adjacent to an activating group) is 1. The minimum Gasteiger partial charge on any atom is -0.492 e. The first-order valence-electron chi connectivity index (χ1n) is 6.32. The van der Waals surface area contributed by atoms with Crippen molar-refractivity contribution in [2.45, 2.75) is 13.0 Å². The van der Waals surface area contributed by atoms with Gasteiger partial charge < -0.3 is 20.1 Å². The molecule has 0 saturated heterocycles. The lowest BCUT2D eigenvalue weighted by Crippen LogP contribution is -2.25. The van der Waals surface area contributed by atoms with Gasteiger partial charge in [0.25, 0.3) is 0 Å². The summed E-state index contributed by atoms with van der Waals surface area (Å²) in [5.74, 6) is -0.858. The summed E-state index contributed by atoms with van der Waals surface area (Å²) in [6.07, 6.45) is -0.508. The average Bonchev–Trinajstić information content (AvgIpc) is 2.36. The summed E-state index contributed by atoms with van der Waals surface area (Å²) in [5.41, 5.74) is 0.892. The molecular formula is C14H20N2O4. The maximum Gasteiger partial charge on any atom is 0.312 e. The van der Waals surface area contributed by atoms with E-state index in [2.05, 4.69) is 5.32 Å². The molecule has 1 amide bonds. The molecule has 20 heavy (non-hydrogen) atoms. The molecule has 1 aromatic rings. The molecule has 0 aliphatic rings. The van der Waals surface area contributed by atoms with Crippen molar-refractivity contribution in [3.63, 3.8) is 0 Å². The molecule has 0 radical (unpaired) electrons. The second-order valence-electron chi connectivity index (χ2n) is 4.64. The predicted molar refractivity (Wildman–Crippen MR) is 74.6 cm³/mol. The Bertz CT molecular complexity index is 443. The Morgan fingerprint density at radius 3 is 2.45 bits per heavy atom. The van der Waals surface area contributed by atoms with E-state index in [0.717, 1.165) is 17.9 Å².